The molecule has 0 unspecified atom stereocenters. The van der Waals surface area contributed by atoms with Crippen LogP contribution in [0.25, 0.3) is 0 Å². The first-order chi connectivity index (χ1) is 8.00. The zero-order valence-corrected chi connectivity index (χ0v) is 11.6. The summed E-state index contributed by atoms with van der Waals surface area (Å²) in [4.78, 5) is 0. The Morgan fingerprint density at radius 2 is 1.76 bits per heavy atom. The van der Waals surface area contributed by atoms with Crippen molar-refractivity contribution in [3.05, 3.63) is 34.9 Å². The minimum absolute atomic E-state index is 0.310. The van der Waals surface area contributed by atoms with E-state index in [-0.39, 0.29) is 0 Å². The quantitative estimate of drug-likeness (QED) is 0.835. The van der Waals surface area contributed by atoms with E-state index in [0.717, 1.165) is 6.54 Å². The molecule has 0 heterocycles. The Labute approximate surface area is 105 Å². The van der Waals surface area contributed by atoms with E-state index in [9.17, 15) is 0 Å². The minimum Gasteiger partial charge on any atom is -0.330 e. The molecule has 1 aromatic carbocycles. The third-order valence-corrected chi connectivity index (χ3v) is 4.18. The molecule has 1 aromatic rings. The monoisotopic (exact) mass is 231 g/mol. The summed E-state index contributed by atoms with van der Waals surface area (Å²) in [7, 11) is 0. The predicted molar refractivity (Wildman–Crippen MR) is 74.6 cm³/mol. The zero-order valence-electron chi connectivity index (χ0n) is 11.6. The lowest BCUT2D eigenvalue weighted by atomic mass is 9.84. The van der Waals surface area contributed by atoms with Gasteiger partial charge in [0.1, 0.15) is 0 Å². The van der Waals surface area contributed by atoms with E-state index in [1.807, 2.05) is 0 Å². The molecule has 17 heavy (non-hydrogen) atoms. The molecule has 0 spiro atoms. The molecule has 0 saturated heterocycles. The molecule has 2 rings (SSSR count). The number of benzene rings is 1. The molecule has 0 aliphatic heterocycles. The van der Waals surface area contributed by atoms with E-state index in [2.05, 4.69) is 45.9 Å². The Bertz CT molecular complexity index is 400. The van der Waals surface area contributed by atoms with Gasteiger partial charge in [-0.25, -0.2) is 0 Å². The van der Waals surface area contributed by atoms with Crippen molar-refractivity contribution in [3.63, 3.8) is 0 Å². The van der Waals surface area contributed by atoms with E-state index in [1.54, 1.807) is 0 Å². The van der Waals surface area contributed by atoms with Gasteiger partial charge in [-0.2, -0.15) is 0 Å². The summed E-state index contributed by atoms with van der Waals surface area (Å²) in [5.41, 5.74) is 10.8. The fourth-order valence-corrected chi connectivity index (χ4v) is 2.63. The average molecular weight is 231 g/mol. The third kappa shape index (κ3) is 2.26. The van der Waals surface area contributed by atoms with Gasteiger partial charge in [0.2, 0.25) is 0 Å². The molecule has 0 radical (unpaired) electrons. The van der Waals surface area contributed by atoms with Crippen molar-refractivity contribution in [2.45, 2.75) is 57.8 Å². The first-order valence-electron chi connectivity index (χ1n) is 6.84. The van der Waals surface area contributed by atoms with Gasteiger partial charge in [-0.1, -0.05) is 45.9 Å². The number of hydrogen-bond acceptors (Lipinski definition) is 1. The van der Waals surface area contributed by atoms with Crippen molar-refractivity contribution in [1.29, 1.82) is 0 Å². The summed E-state index contributed by atoms with van der Waals surface area (Å²) in [6, 6.07) is 7.03. The lowest BCUT2D eigenvalue weighted by Gasteiger charge is -2.22. The largest absolute Gasteiger partial charge is 0.330 e. The van der Waals surface area contributed by atoms with Gasteiger partial charge in [0.15, 0.2) is 0 Å². The van der Waals surface area contributed by atoms with E-state index in [0.29, 0.717) is 17.3 Å². The Hall–Kier alpha value is -0.820. The second-order valence-electron chi connectivity index (χ2n) is 6.14. The molecular weight excluding hydrogens is 206 g/mol. The Balaban J connectivity index is 2.48. The van der Waals surface area contributed by atoms with Crippen LogP contribution >= 0.6 is 0 Å². The molecule has 0 aromatic heterocycles. The van der Waals surface area contributed by atoms with Crippen molar-refractivity contribution in [1.82, 2.24) is 0 Å². The van der Waals surface area contributed by atoms with Crippen molar-refractivity contribution < 1.29 is 0 Å². The van der Waals surface area contributed by atoms with Crippen LogP contribution in [0.1, 0.15) is 69.1 Å². The van der Waals surface area contributed by atoms with E-state index < -0.39 is 0 Å². The van der Waals surface area contributed by atoms with Crippen LogP contribution in [0.15, 0.2) is 18.2 Å². The lowest BCUT2D eigenvalue weighted by molar-refractivity contribution is 0.677. The molecule has 0 atom stereocenters. The molecule has 1 nitrogen and oxygen atoms in total. The summed E-state index contributed by atoms with van der Waals surface area (Å²) < 4.78 is 0. The van der Waals surface area contributed by atoms with E-state index in [4.69, 9.17) is 5.73 Å². The van der Waals surface area contributed by atoms with Crippen LogP contribution in [0.5, 0.6) is 0 Å². The van der Waals surface area contributed by atoms with Crippen LogP contribution in [-0.4, -0.2) is 6.54 Å². The summed E-state index contributed by atoms with van der Waals surface area (Å²) >= 11 is 0. The maximum atomic E-state index is 6.00. The number of rotatable bonds is 4. The molecule has 0 amide bonds. The van der Waals surface area contributed by atoms with Gasteiger partial charge in [-0.15, -0.1) is 0 Å². The Kier molecular flexibility index (Phi) is 3.31. The minimum atomic E-state index is 0.310. The molecular formula is C16H25N. The van der Waals surface area contributed by atoms with Crippen LogP contribution in [0.3, 0.4) is 0 Å². The van der Waals surface area contributed by atoms with Crippen LogP contribution in [0.2, 0.25) is 0 Å². The average Bonchev–Trinajstić information content (AvgIpc) is 3.08. The standard InChI is InChI=1S/C16H25N/c1-11(2)13-5-6-14(12(3)4)15(9-13)16(10-17)7-8-16/h5-6,9,11-12H,7-8,10,17H2,1-4H3. The first-order valence-corrected chi connectivity index (χ1v) is 6.84. The molecule has 1 fully saturated rings. The number of nitrogens with two attached hydrogens (primary N) is 1. The van der Waals surface area contributed by atoms with Gasteiger partial charge in [0.05, 0.1) is 0 Å². The van der Waals surface area contributed by atoms with E-state index >= 15 is 0 Å². The number of hydrogen-bond donors (Lipinski definition) is 1. The molecule has 1 aliphatic rings. The van der Waals surface area contributed by atoms with E-state index in [1.165, 1.54) is 29.5 Å². The van der Waals surface area contributed by atoms with Gasteiger partial charge >= 0.3 is 0 Å². The highest BCUT2D eigenvalue weighted by atomic mass is 14.7. The first kappa shape index (κ1) is 12.6. The lowest BCUT2D eigenvalue weighted by Crippen LogP contribution is -2.22. The van der Waals surface area contributed by atoms with Gasteiger partial charge in [0, 0.05) is 12.0 Å². The highest BCUT2D eigenvalue weighted by Crippen LogP contribution is 2.50. The third-order valence-electron chi connectivity index (χ3n) is 4.18. The second kappa shape index (κ2) is 4.45. The van der Waals surface area contributed by atoms with Crippen molar-refractivity contribution >= 4 is 0 Å². The predicted octanol–water partition coefficient (Wildman–Crippen LogP) is 3.92. The summed E-state index contributed by atoms with van der Waals surface area (Å²) in [6.45, 7) is 9.88. The van der Waals surface area contributed by atoms with Gasteiger partial charge in [0.25, 0.3) is 0 Å². The van der Waals surface area contributed by atoms with Crippen LogP contribution < -0.4 is 5.73 Å². The Morgan fingerprint density at radius 3 is 2.18 bits per heavy atom. The van der Waals surface area contributed by atoms with Gasteiger partial charge in [-0.05, 0) is 41.4 Å². The fraction of sp³-hybridized carbons (Fsp3) is 0.625. The fourth-order valence-electron chi connectivity index (χ4n) is 2.63. The topological polar surface area (TPSA) is 26.0 Å². The normalized spacial score (nSPS) is 17.8. The van der Waals surface area contributed by atoms with Crippen LogP contribution in [0, 0.1) is 0 Å². The molecule has 2 N–H and O–H groups in total. The summed E-state index contributed by atoms with van der Waals surface area (Å²) in [5, 5.41) is 0. The summed E-state index contributed by atoms with van der Waals surface area (Å²) in [5.74, 6) is 1.19. The van der Waals surface area contributed by atoms with Crippen LogP contribution in [0.4, 0.5) is 0 Å². The summed E-state index contributed by atoms with van der Waals surface area (Å²) in [6.07, 6.45) is 2.54. The second-order valence-corrected chi connectivity index (χ2v) is 6.14. The van der Waals surface area contributed by atoms with Crippen molar-refractivity contribution in [3.8, 4) is 0 Å². The highest BCUT2D eigenvalue weighted by Gasteiger charge is 2.44. The van der Waals surface area contributed by atoms with Crippen molar-refractivity contribution in [2.24, 2.45) is 5.73 Å². The Morgan fingerprint density at radius 1 is 1.12 bits per heavy atom. The molecule has 94 valence electrons. The maximum Gasteiger partial charge on any atom is 0.00791 e. The smallest absolute Gasteiger partial charge is 0.00791 e. The highest BCUT2D eigenvalue weighted by molar-refractivity contribution is 5.44. The molecule has 0 bridgehead atoms. The SMILES string of the molecule is CC(C)c1ccc(C(C)C)c(C2(CN)CC2)c1. The zero-order chi connectivity index (χ0) is 12.6. The van der Waals surface area contributed by atoms with Gasteiger partial charge < -0.3 is 5.73 Å². The van der Waals surface area contributed by atoms with Crippen molar-refractivity contribution in [2.75, 3.05) is 6.54 Å². The van der Waals surface area contributed by atoms with Gasteiger partial charge in [-0.3, -0.25) is 0 Å². The molecule has 1 heteroatoms. The van der Waals surface area contributed by atoms with Crippen LogP contribution in [-0.2, 0) is 5.41 Å². The maximum absolute atomic E-state index is 6.00. The molecule has 1 saturated carbocycles. The molecule has 1 aliphatic carbocycles.